The molecule has 0 spiro atoms. The number of piperazine rings is 2. The highest BCUT2D eigenvalue weighted by atomic mass is 35.7. The van der Waals surface area contributed by atoms with E-state index in [4.69, 9.17) is 29.6 Å². The molecular formula is C65H94ClF2N5O14S2. The minimum Gasteiger partial charge on any atom is -0.493 e. The number of hydrogen-bond donors (Lipinski definition) is 4. The van der Waals surface area contributed by atoms with Gasteiger partial charge in [0.25, 0.3) is 9.05 Å². The number of benzene rings is 4. The normalized spacial score (nSPS) is 17.1. The number of sulfonamides is 1. The SMILES string of the molecule is CCCCCOc1cc(F)cc(C[C@H](CC(C)=O)[C@H](O)[C@H]2CN(S(=O)(=O)c3cccc(C)c3)CCN2C(=O)OC(C)(C)C)c1.CCCCCOc1cc(F)cc(C[C@H](NC(C)=O)[C@H](O)[C@H]2CNCCN2C(=O)OC(C)(C)C)c1.Cc1cccc(S(=O)(=O)Cl)c1. The summed E-state index contributed by atoms with van der Waals surface area (Å²) in [5.41, 5.74) is 1.25. The number of halogens is 3. The number of nitrogens with one attached hydrogen (secondary N) is 2. The van der Waals surface area contributed by atoms with Crippen LogP contribution in [0.1, 0.15) is 136 Å². The summed E-state index contributed by atoms with van der Waals surface area (Å²) in [7, 11) is -2.41. The third-order valence-electron chi connectivity index (χ3n) is 14.3. The molecule has 4 N–H and O–H groups in total. The predicted molar refractivity (Wildman–Crippen MR) is 339 cm³/mol. The molecule has 2 heterocycles. The van der Waals surface area contributed by atoms with Crippen LogP contribution >= 0.6 is 10.7 Å². The van der Waals surface area contributed by atoms with Crippen molar-refractivity contribution in [1.29, 1.82) is 0 Å². The third kappa shape index (κ3) is 26.1. The van der Waals surface area contributed by atoms with Gasteiger partial charge in [-0.1, -0.05) is 63.8 Å². The van der Waals surface area contributed by atoms with E-state index in [1.165, 1.54) is 70.4 Å². The van der Waals surface area contributed by atoms with Crippen LogP contribution < -0.4 is 20.1 Å². The molecule has 0 bridgehead atoms. The Hall–Kier alpha value is -5.95. The largest absolute Gasteiger partial charge is 0.493 e. The van der Waals surface area contributed by atoms with Gasteiger partial charge >= 0.3 is 12.2 Å². The second-order valence-electron chi connectivity index (χ2n) is 24.7. The molecule has 2 aliphatic rings. The number of Topliss-reactive ketones (excluding diaryl/α,β-unsaturated/α-hetero) is 1. The van der Waals surface area contributed by atoms with Gasteiger partial charge in [0.2, 0.25) is 15.9 Å². The van der Waals surface area contributed by atoms with Crippen LogP contribution in [0, 0.1) is 31.4 Å². The first kappa shape index (κ1) is 75.5. The molecule has 496 valence electrons. The lowest BCUT2D eigenvalue weighted by Crippen LogP contribution is -2.63. The lowest BCUT2D eigenvalue weighted by Gasteiger charge is -2.44. The maximum Gasteiger partial charge on any atom is 0.410 e. The van der Waals surface area contributed by atoms with E-state index >= 15 is 0 Å². The van der Waals surface area contributed by atoms with Gasteiger partial charge in [0, 0.05) is 75.4 Å². The molecule has 4 aromatic rings. The summed E-state index contributed by atoms with van der Waals surface area (Å²) in [6.07, 6.45) is 2.37. The summed E-state index contributed by atoms with van der Waals surface area (Å²) in [5.74, 6) is -1.47. The van der Waals surface area contributed by atoms with E-state index < -0.39 is 90.3 Å². The quantitative estimate of drug-likeness (QED) is 0.0376. The molecule has 6 rings (SSSR count). The van der Waals surface area contributed by atoms with Crippen LogP contribution in [0.15, 0.2) is 94.7 Å². The van der Waals surface area contributed by atoms with Crippen molar-refractivity contribution in [2.75, 3.05) is 52.5 Å². The minimum atomic E-state index is -3.96. The second kappa shape index (κ2) is 35.0. The fourth-order valence-corrected chi connectivity index (χ4v) is 12.6. The number of amides is 3. The molecular weight excluding hydrogens is 1210 g/mol. The van der Waals surface area contributed by atoms with E-state index in [9.17, 15) is 55.0 Å². The third-order valence-corrected chi connectivity index (χ3v) is 17.5. The van der Waals surface area contributed by atoms with Crippen molar-refractivity contribution in [3.63, 3.8) is 0 Å². The number of unbranched alkanes of at least 4 members (excludes halogenated alkanes) is 4. The second-order valence-corrected chi connectivity index (χ2v) is 29.2. The van der Waals surface area contributed by atoms with E-state index in [0.717, 1.165) is 49.7 Å². The monoisotopic (exact) mass is 1310 g/mol. The molecule has 0 aromatic heterocycles. The molecule has 3 amide bonds. The first-order chi connectivity index (χ1) is 41.6. The maximum atomic E-state index is 14.6. The zero-order valence-electron chi connectivity index (χ0n) is 53.7. The van der Waals surface area contributed by atoms with Crippen LogP contribution in [0.5, 0.6) is 11.5 Å². The van der Waals surface area contributed by atoms with Gasteiger partial charge in [-0.2, -0.15) is 4.31 Å². The molecule has 0 aliphatic carbocycles. The molecule has 4 aromatic carbocycles. The van der Waals surface area contributed by atoms with E-state index in [1.54, 1.807) is 84.9 Å². The topological polar surface area (TPSA) is 248 Å². The van der Waals surface area contributed by atoms with Gasteiger partial charge < -0.3 is 44.6 Å². The van der Waals surface area contributed by atoms with Gasteiger partial charge in [0.1, 0.15) is 40.1 Å². The Morgan fingerprint density at radius 1 is 0.674 bits per heavy atom. The first-order valence-corrected chi connectivity index (χ1v) is 34.1. The maximum absolute atomic E-state index is 14.6. The average Bonchev–Trinajstić information content (AvgIpc) is 0.940. The van der Waals surface area contributed by atoms with E-state index in [1.807, 2.05) is 13.0 Å². The van der Waals surface area contributed by atoms with Crippen LogP contribution in [-0.2, 0) is 51.0 Å². The molecule has 89 heavy (non-hydrogen) atoms. The zero-order valence-corrected chi connectivity index (χ0v) is 56.0. The smallest absolute Gasteiger partial charge is 0.410 e. The number of ether oxygens (including phenoxy) is 4. The average molecular weight is 1310 g/mol. The molecule has 0 radical (unpaired) electrons. The highest BCUT2D eigenvalue weighted by Gasteiger charge is 2.44. The Bertz CT molecular complexity index is 3180. The number of hydrogen-bond acceptors (Lipinski definition) is 15. The van der Waals surface area contributed by atoms with Crippen LogP contribution in [-0.4, -0.2) is 159 Å². The van der Waals surface area contributed by atoms with Crippen LogP contribution in [0.4, 0.5) is 18.4 Å². The van der Waals surface area contributed by atoms with Gasteiger partial charge in [-0.15, -0.1) is 0 Å². The minimum absolute atomic E-state index is 0.00125. The molecule has 2 fully saturated rings. The van der Waals surface area contributed by atoms with Crippen molar-refractivity contribution < 1.29 is 74.0 Å². The molecule has 6 atom stereocenters. The standard InChI is InChI=1S/C33H47FN2O7S.C25H40FN3O5.C7H7ClO2S/c1-7-8-9-15-42-28-20-25(19-27(34)21-28)18-26(17-24(3)37)31(38)30-22-35(13-14-36(30)32(39)43-33(4,5)6)44(40,41)29-12-10-11-23(2)16-29;1-6-7-8-11-33-20-13-18(12-19(26)15-20)14-21(28-17(2)30)23(31)22-16-27-9-10-29(22)24(32)34-25(3,4)5;1-6-3-2-4-7(5-6)11(8,9)10/h10-12,16,19-21,26,30-31,38H,7-9,13-15,17-18,22H2,1-6H3;12-13,15,21-23,27,31H,6-11,14,16H2,1-5H3,(H,28,30);2-5H,1H3/t26-,30+,31-;21-,22+,23-;/m00./s1. The summed E-state index contributed by atoms with van der Waals surface area (Å²) in [4.78, 5) is 53.5. The zero-order chi connectivity index (χ0) is 66.4. The van der Waals surface area contributed by atoms with Crippen LogP contribution in [0.3, 0.4) is 0 Å². The van der Waals surface area contributed by atoms with E-state index in [-0.39, 0.29) is 60.4 Å². The number of nitrogens with zero attached hydrogens (tertiary/aromatic N) is 3. The van der Waals surface area contributed by atoms with Gasteiger partial charge in [-0.25, -0.2) is 35.2 Å². The summed E-state index contributed by atoms with van der Waals surface area (Å²) in [6.45, 7) is 23.0. The number of aryl methyl sites for hydroxylation is 2. The van der Waals surface area contributed by atoms with E-state index in [2.05, 4.69) is 24.5 Å². The fourth-order valence-electron chi connectivity index (χ4n) is 10.2. The van der Waals surface area contributed by atoms with Crippen molar-refractivity contribution in [2.24, 2.45) is 5.92 Å². The van der Waals surface area contributed by atoms with Crippen LogP contribution in [0.2, 0.25) is 0 Å². The van der Waals surface area contributed by atoms with Crippen molar-refractivity contribution in [1.82, 2.24) is 24.7 Å². The summed E-state index contributed by atoms with van der Waals surface area (Å²) < 4.78 is 102. The van der Waals surface area contributed by atoms with Crippen LogP contribution in [0.25, 0.3) is 0 Å². The Kier molecular flexibility index (Phi) is 29.7. The van der Waals surface area contributed by atoms with Crippen molar-refractivity contribution in [2.45, 2.75) is 192 Å². The number of rotatable bonds is 24. The number of carbonyl (C=O) groups excluding carboxylic acids is 4. The number of aliphatic hydroxyl groups is 2. The van der Waals surface area contributed by atoms with Crippen molar-refractivity contribution in [3.05, 3.63) is 119 Å². The summed E-state index contributed by atoms with van der Waals surface area (Å²) >= 11 is 0. The highest BCUT2D eigenvalue weighted by molar-refractivity contribution is 8.13. The van der Waals surface area contributed by atoms with Gasteiger partial charge in [0.15, 0.2) is 0 Å². The van der Waals surface area contributed by atoms with E-state index in [0.29, 0.717) is 55.5 Å². The first-order valence-electron chi connectivity index (χ1n) is 30.4. The molecule has 0 saturated carbocycles. The predicted octanol–water partition coefficient (Wildman–Crippen LogP) is 10.4. The van der Waals surface area contributed by atoms with Gasteiger partial charge in [-0.05, 0) is 165 Å². The summed E-state index contributed by atoms with van der Waals surface area (Å²) in [6, 6.07) is 19.4. The van der Waals surface area contributed by atoms with Crippen molar-refractivity contribution >= 4 is 53.6 Å². The molecule has 2 aliphatic heterocycles. The van der Waals surface area contributed by atoms with Gasteiger partial charge in [-0.3, -0.25) is 14.6 Å². The molecule has 24 heteroatoms. The molecule has 19 nitrogen and oxygen atoms in total. The lowest BCUT2D eigenvalue weighted by molar-refractivity contribution is -0.121. The number of carbonyl (C=O) groups is 4. The van der Waals surface area contributed by atoms with Gasteiger partial charge in [0.05, 0.1) is 53.3 Å². The Balaban J connectivity index is 0.000000331. The Morgan fingerprint density at radius 2 is 1.17 bits per heavy atom. The lowest BCUT2D eigenvalue weighted by atomic mass is 9.85. The number of ketones is 1. The van der Waals surface area contributed by atoms with Crippen molar-refractivity contribution in [3.8, 4) is 11.5 Å². The highest BCUT2D eigenvalue weighted by Crippen LogP contribution is 2.31. The molecule has 0 unspecified atom stereocenters. The summed E-state index contributed by atoms with van der Waals surface area (Å²) in [5, 5.41) is 29.1. The Morgan fingerprint density at radius 3 is 1.63 bits per heavy atom. The molecule has 2 saturated heterocycles. The Labute approximate surface area is 530 Å². The fraction of sp³-hybridized carbons (Fsp3) is 0.569. The number of aliphatic hydroxyl groups excluding tert-OH is 2.